The number of fused-ring (bicyclic) bond motifs is 2. The Morgan fingerprint density at radius 2 is 1.90 bits per heavy atom. The fourth-order valence-electron chi connectivity index (χ4n) is 2.13. The number of pyridine rings is 1. The molecular weight excluding hydrogens is 302 g/mol. The largest absolute Gasteiger partial charge is 0.486 e. The van der Waals surface area contributed by atoms with Gasteiger partial charge in [0.1, 0.15) is 13.2 Å². The van der Waals surface area contributed by atoms with Gasteiger partial charge in [0, 0.05) is 17.5 Å². The summed E-state index contributed by atoms with van der Waals surface area (Å²) in [4.78, 5) is 4.00. The predicted molar refractivity (Wildman–Crippen MR) is 75.5 cm³/mol. The molecule has 0 radical (unpaired) electrons. The summed E-state index contributed by atoms with van der Waals surface area (Å²) in [5.41, 5.74) is 0. The number of rotatable bonds is 3. The molecule has 0 amide bonds. The number of sulfone groups is 1. The van der Waals surface area contributed by atoms with Gasteiger partial charge in [-0.05, 0) is 23.6 Å². The highest BCUT2D eigenvalue weighted by Gasteiger charge is 2.21. The van der Waals surface area contributed by atoms with Crippen LogP contribution in [0.2, 0.25) is 0 Å². The highest BCUT2D eigenvalue weighted by Crippen LogP contribution is 2.36. The second-order valence-corrected chi connectivity index (χ2v) is 6.74. The molecule has 1 aromatic heterocycles. The molecular formula is C13H12ClNO4S. The topological polar surface area (TPSA) is 65.5 Å². The van der Waals surface area contributed by atoms with Crippen LogP contribution >= 0.6 is 11.6 Å². The van der Waals surface area contributed by atoms with Crippen LogP contribution in [0.3, 0.4) is 0 Å². The number of hydrogen-bond acceptors (Lipinski definition) is 5. The van der Waals surface area contributed by atoms with E-state index < -0.39 is 9.84 Å². The van der Waals surface area contributed by atoms with Gasteiger partial charge in [-0.3, -0.25) is 0 Å². The molecule has 0 aliphatic carbocycles. The fourth-order valence-corrected chi connectivity index (χ4v) is 3.87. The standard InChI is InChI=1S/C13H12ClNO4S/c14-2-6-20(16,17)13-10-8-12-11(18-4-5-19-12)7-9(10)1-3-15-13/h1,3,7-8H,2,4-6H2. The molecule has 1 aliphatic heterocycles. The van der Waals surface area contributed by atoms with E-state index in [-0.39, 0.29) is 16.7 Å². The number of alkyl halides is 1. The third-order valence-electron chi connectivity index (χ3n) is 3.03. The second-order valence-electron chi connectivity index (χ2n) is 4.34. The minimum Gasteiger partial charge on any atom is -0.486 e. The van der Waals surface area contributed by atoms with E-state index >= 15 is 0 Å². The number of nitrogens with zero attached hydrogens (tertiary/aromatic N) is 1. The molecule has 0 N–H and O–H groups in total. The first kappa shape index (κ1) is 13.5. The molecule has 1 aliphatic rings. The molecule has 2 aromatic rings. The molecule has 1 aromatic carbocycles. The number of halogens is 1. The van der Waals surface area contributed by atoms with Crippen LogP contribution in [-0.2, 0) is 9.84 Å². The Morgan fingerprint density at radius 1 is 1.20 bits per heavy atom. The number of aromatic nitrogens is 1. The molecule has 2 heterocycles. The molecule has 0 unspecified atom stereocenters. The fraction of sp³-hybridized carbons (Fsp3) is 0.308. The summed E-state index contributed by atoms with van der Waals surface area (Å²) in [5, 5.41) is 1.31. The first-order valence-electron chi connectivity index (χ1n) is 6.09. The van der Waals surface area contributed by atoms with Crippen LogP contribution in [0.1, 0.15) is 0 Å². The smallest absolute Gasteiger partial charge is 0.197 e. The summed E-state index contributed by atoms with van der Waals surface area (Å²) in [6, 6.07) is 5.18. The molecule has 0 fully saturated rings. The summed E-state index contributed by atoms with van der Waals surface area (Å²) >= 11 is 5.55. The van der Waals surface area contributed by atoms with Gasteiger partial charge in [-0.25, -0.2) is 13.4 Å². The third-order valence-corrected chi connectivity index (χ3v) is 5.10. The van der Waals surface area contributed by atoms with Gasteiger partial charge in [-0.1, -0.05) is 0 Å². The van der Waals surface area contributed by atoms with Crippen molar-refractivity contribution >= 4 is 32.2 Å². The van der Waals surface area contributed by atoms with Gasteiger partial charge >= 0.3 is 0 Å². The SMILES string of the molecule is O=S(=O)(CCCl)c1nccc2cc3c(cc12)OCCO3. The van der Waals surface area contributed by atoms with Crippen molar-refractivity contribution in [1.29, 1.82) is 0 Å². The van der Waals surface area contributed by atoms with Crippen molar-refractivity contribution in [2.75, 3.05) is 24.8 Å². The Balaban J connectivity index is 2.24. The van der Waals surface area contributed by atoms with E-state index in [9.17, 15) is 8.42 Å². The zero-order valence-corrected chi connectivity index (χ0v) is 12.1. The van der Waals surface area contributed by atoms with Crippen LogP contribution in [0.15, 0.2) is 29.4 Å². The normalized spacial score (nSPS) is 14.4. The van der Waals surface area contributed by atoms with E-state index in [1.54, 1.807) is 18.2 Å². The molecule has 20 heavy (non-hydrogen) atoms. The van der Waals surface area contributed by atoms with Crippen molar-refractivity contribution in [3.63, 3.8) is 0 Å². The summed E-state index contributed by atoms with van der Waals surface area (Å²) in [5.74, 6) is 1.05. The van der Waals surface area contributed by atoms with Gasteiger partial charge in [0.25, 0.3) is 0 Å². The van der Waals surface area contributed by atoms with Crippen LogP contribution in [0.4, 0.5) is 0 Å². The number of hydrogen-bond donors (Lipinski definition) is 0. The maximum Gasteiger partial charge on any atom is 0.197 e. The highest BCUT2D eigenvalue weighted by molar-refractivity contribution is 7.91. The van der Waals surface area contributed by atoms with Crippen LogP contribution in [0.5, 0.6) is 11.5 Å². The first-order valence-corrected chi connectivity index (χ1v) is 8.27. The number of ether oxygens (including phenoxy) is 2. The van der Waals surface area contributed by atoms with Crippen molar-refractivity contribution in [3.05, 3.63) is 24.4 Å². The van der Waals surface area contributed by atoms with Gasteiger partial charge in [0.2, 0.25) is 0 Å². The van der Waals surface area contributed by atoms with Crippen LogP contribution in [0, 0.1) is 0 Å². The highest BCUT2D eigenvalue weighted by atomic mass is 35.5. The molecule has 0 atom stereocenters. The zero-order chi connectivity index (χ0) is 14.2. The van der Waals surface area contributed by atoms with Crippen LogP contribution in [-0.4, -0.2) is 38.2 Å². The number of benzene rings is 1. The Hall–Kier alpha value is -1.53. The lowest BCUT2D eigenvalue weighted by molar-refractivity contribution is 0.172. The van der Waals surface area contributed by atoms with Crippen molar-refractivity contribution in [2.24, 2.45) is 0 Å². The summed E-state index contributed by atoms with van der Waals surface area (Å²) in [6.45, 7) is 0.934. The van der Waals surface area contributed by atoms with Crippen molar-refractivity contribution in [2.45, 2.75) is 5.03 Å². The van der Waals surface area contributed by atoms with E-state index in [4.69, 9.17) is 21.1 Å². The average molecular weight is 314 g/mol. The molecule has 0 saturated heterocycles. The zero-order valence-electron chi connectivity index (χ0n) is 10.5. The van der Waals surface area contributed by atoms with Crippen molar-refractivity contribution < 1.29 is 17.9 Å². The lowest BCUT2D eigenvalue weighted by Gasteiger charge is -2.19. The monoisotopic (exact) mass is 313 g/mol. The van der Waals surface area contributed by atoms with Gasteiger partial charge in [-0.2, -0.15) is 0 Å². The quantitative estimate of drug-likeness (QED) is 0.811. The Kier molecular flexibility index (Phi) is 3.43. The minimum atomic E-state index is -3.50. The van der Waals surface area contributed by atoms with Crippen molar-refractivity contribution in [3.8, 4) is 11.5 Å². The first-order chi connectivity index (χ1) is 9.62. The van der Waals surface area contributed by atoms with Gasteiger partial charge < -0.3 is 9.47 Å². The Morgan fingerprint density at radius 3 is 2.60 bits per heavy atom. The van der Waals surface area contributed by atoms with E-state index in [0.717, 1.165) is 5.39 Å². The van der Waals surface area contributed by atoms with E-state index in [1.165, 1.54) is 6.20 Å². The lowest BCUT2D eigenvalue weighted by Crippen LogP contribution is -2.15. The second kappa shape index (κ2) is 5.10. The molecule has 0 bridgehead atoms. The lowest BCUT2D eigenvalue weighted by atomic mass is 10.1. The molecule has 7 heteroatoms. The molecule has 5 nitrogen and oxygen atoms in total. The van der Waals surface area contributed by atoms with Gasteiger partial charge in [-0.15, -0.1) is 11.6 Å². The van der Waals surface area contributed by atoms with E-state index in [2.05, 4.69) is 4.98 Å². The molecule has 106 valence electrons. The average Bonchev–Trinajstić information content (AvgIpc) is 2.44. The van der Waals surface area contributed by atoms with Crippen molar-refractivity contribution in [1.82, 2.24) is 4.98 Å². The maximum absolute atomic E-state index is 12.2. The maximum atomic E-state index is 12.2. The van der Waals surface area contributed by atoms with E-state index in [1.807, 2.05) is 0 Å². The third kappa shape index (κ3) is 2.29. The summed E-state index contributed by atoms with van der Waals surface area (Å²) < 4.78 is 35.4. The summed E-state index contributed by atoms with van der Waals surface area (Å²) in [6.07, 6.45) is 1.47. The van der Waals surface area contributed by atoms with Gasteiger partial charge in [0.15, 0.2) is 26.4 Å². The minimum absolute atomic E-state index is 0.0327. The Labute approximate surface area is 121 Å². The van der Waals surface area contributed by atoms with Crippen LogP contribution in [0.25, 0.3) is 10.8 Å². The molecule has 0 saturated carbocycles. The van der Waals surface area contributed by atoms with E-state index in [0.29, 0.717) is 30.1 Å². The predicted octanol–water partition coefficient (Wildman–Crippen LogP) is 2.02. The van der Waals surface area contributed by atoms with Crippen LogP contribution < -0.4 is 9.47 Å². The molecule has 0 spiro atoms. The van der Waals surface area contributed by atoms with Gasteiger partial charge in [0.05, 0.1) is 5.75 Å². The molecule has 3 rings (SSSR count). The Bertz CT molecular complexity index is 760. The summed E-state index contributed by atoms with van der Waals surface area (Å²) in [7, 11) is -3.50.